The van der Waals surface area contributed by atoms with Gasteiger partial charge in [0.05, 0.1) is 11.8 Å². The summed E-state index contributed by atoms with van der Waals surface area (Å²) in [5.74, 6) is 0.0363. The number of rotatable bonds is 4. The van der Waals surface area contributed by atoms with Crippen molar-refractivity contribution in [2.75, 3.05) is 20.6 Å². The van der Waals surface area contributed by atoms with Gasteiger partial charge in [0.15, 0.2) is 0 Å². The molecular weight excluding hydrogens is 300 g/mol. The largest absolute Gasteiger partial charge is 0.340 e. The molecule has 0 spiro atoms. The minimum Gasteiger partial charge on any atom is -0.340 e. The predicted molar refractivity (Wildman–Crippen MR) is 95.0 cm³/mol. The zero-order valence-electron chi connectivity index (χ0n) is 14.9. The zero-order valence-corrected chi connectivity index (χ0v) is 14.9. The van der Waals surface area contributed by atoms with Gasteiger partial charge in [0.1, 0.15) is 0 Å². The van der Waals surface area contributed by atoms with Crippen molar-refractivity contribution in [2.45, 2.75) is 38.9 Å². The Labute approximate surface area is 143 Å². The van der Waals surface area contributed by atoms with Crippen LogP contribution >= 0.6 is 0 Å². The summed E-state index contributed by atoms with van der Waals surface area (Å²) in [5, 5.41) is 4.27. The van der Waals surface area contributed by atoms with E-state index in [9.17, 15) is 4.79 Å². The second-order valence-corrected chi connectivity index (χ2v) is 7.03. The lowest BCUT2D eigenvalue weighted by molar-refractivity contribution is 0.0733. The number of hydrogen-bond acceptors (Lipinski definition) is 3. The molecule has 0 bridgehead atoms. The van der Waals surface area contributed by atoms with E-state index >= 15 is 0 Å². The summed E-state index contributed by atoms with van der Waals surface area (Å²) in [6.07, 6.45) is 4.48. The first kappa shape index (κ1) is 16.7. The molecule has 0 N–H and O–H groups in total. The molecule has 0 unspecified atom stereocenters. The highest BCUT2D eigenvalue weighted by atomic mass is 16.2. The number of amides is 1. The van der Waals surface area contributed by atoms with Crippen molar-refractivity contribution in [1.29, 1.82) is 0 Å². The quantitative estimate of drug-likeness (QED) is 0.867. The summed E-state index contributed by atoms with van der Waals surface area (Å²) in [6.45, 7) is 5.77. The van der Waals surface area contributed by atoms with Gasteiger partial charge in [-0.05, 0) is 38.4 Å². The van der Waals surface area contributed by atoms with E-state index in [-0.39, 0.29) is 11.9 Å². The Bertz CT molecular complexity index is 722. The van der Waals surface area contributed by atoms with E-state index in [2.05, 4.69) is 55.2 Å². The molecule has 2 aromatic rings. The van der Waals surface area contributed by atoms with E-state index in [4.69, 9.17) is 0 Å². The third-order valence-corrected chi connectivity index (χ3v) is 4.83. The third-order valence-electron chi connectivity index (χ3n) is 4.83. The average molecular weight is 326 g/mol. The van der Waals surface area contributed by atoms with Gasteiger partial charge in [-0.15, -0.1) is 0 Å². The normalized spacial score (nSPS) is 17.8. The Balaban J connectivity index is 1.67. The number of aromatic nitrogens is 2. The smallest absolute Gasteiger partial charge is 0.256 e. The van der Waals surface area contributed by atoms with Crippen LogP contribution in [0.1, 0.15) is 41.4 Å². The first-order chi connectivity index (χ1) is 11.5. The van der Waals surface area contributed by atoms with Gasteiger partial charge in [-0.25, -0.2) is 0 Å². The van der Waals surface area contributed by atoms with E-state index in [1.165, 1.54) is 11.1 Å². The zero-order chi connectivity index (χ0) is 17.3. The van der Waals surface area contributed by atoms with Crippen molar-refractivity contribution in [3.8, 4) is 0 Å². The highest BCUT2D eigenvalue weighted by Crippen LogP contribution is 2.22. The van der Waals surface area contributed by atoms with E-state index in [1.54, 1.807) is 6.20 Å². The third kappa shape index (κ3) is 3.36. The van der Waals surface area contributed by atoms with Crippen LogP contribution < -0.4 is 0 Å². The first-order valence-corrected chi connectivity index (χ1v) is 8.52. The van der Waals surface area contributed by atoms with Crippen molar-refractivity contribution >= 4 is 5.91 Å². The maximum absolute atomic E-state index is 12.7. The van der Waals surface area contributed by atoms with Gasteiger partial charge in [-0.1, -0.05) is 24.3 Å². The molecule has 1 amide bonds. The fourth-order valence-electron chi connectivity index (χ4n) is 3.27. The SMILES string of the molecule is CC(C)n1cc(C(=O)N(C)C[C@H]2Cc3ccccc3CN2C)cn1. The van der Waals surface area contributed by atoms with Crippen LogP contribution in [0, 0.1) is 0 Å². The Kier molecular flexibility index (Phi) is 4.71. The summed E-state index contributed by atoms with van der Waals surface area (Å²) in [7, 11) is 4.01. The fourth-order valence-corrected chi connectivity index (χ4v) is 3.27. The number of carbonyl (C=O) groups is 1. The van der Waals surface area contributed by atoms with Crippen molar-refractivity contribution in [1.82, 2.24) is 19.6 Å². The number of benzene rings is 1. The number of nitrogens with zero attached hydrogens (tertiary/aromatic N) is 4. The van der Waals surface area contributed by atoms with E-state index < -0.39 is 0 Å². The Hall–Kier alpha value is -2.14. The molecule has 1 aliphatic rings. The number of hydrogen-bond donors (Lipinski definition) is 0. The topological polar surface area (TPSA) is 41.4 Å². The highest BCUT2D eigenvalue weighted by molar-refractivity contribution is 5.93. The summed E-state index contributed by atoms with van der Waals surface area (Å²) < 4.78 is 1.82. The summed E-state index contributed by atoms with van der Waals surface area (Å²) >= 11 is 0. The van der Waals surface area contributed by atoms with Gasteiger partial charge in [0.25, 0.3) is 5.91 Å². The lowest BCUT2D eigenvalue weighted by Gasteiger charge is -2.36. The van der Waals surface area contributed by atoms with E-state index in [0.717, 1.165) is 19.5 Å². The van der Waals surface area contributed by atoms with Gasteiger partial charge in [-0.2, -0.15) is 5.10 Å². The average Bonchev–Trinajstić information content (AvgIpc) is 3.05. The molecule has 5 heteroatoms. The molecule has 24 heavy (non-hydrogen) atoms. The van der Waals surface area contributed by atoms with Gasteiger partial charge in [0.2, 0.25) is 0 Å². The minimum absolute atomic E-state index is 0.0363. The maximum atomic E-state index is 12.7. The molecule has 0 saturated carbocycles. The molecule has 128 valence electrons. The Morgan fingerprint density at radius 3 is 2.71 bits per heavy atom. The monoisotopic (exact) mass is 326 g/mol. The van der Waals surface area contributed by atoms with Crippen LogP contribution in [0.3, 0.4) is 0 Å². The fraction of sp³-hybridized carbons (Fsp3) is 0.474. The highest BCUT2D eigenvalue weighted by Gasteiger charge is 2.26. The molecule has 1 aromatic carbocycles. The van der Waals surface area contributed by atoms with Gasteiger partial charge in [-0.3, -0.25) is 14.4 Å². The Morgan fingerprint density at radius 1 is 1.33 bits per heavy atom. The number of fused-ring (bicyclic) bond motifs is 1. The molecule has 1 atom stereocenters. The van der Waals surface area contributed by atoms with Crippen molar-refractivity contribution in [3.05, 3.63) is 53.3 Å². The van der Waals surface area contributed by atoms with Gasteiger partial charge < -0.3 is 4.90 Å². The van der Waals surface area contributed by atoms with E-state index in [0.29, 0.717) is 11.6 Å². The van der Waals surface area contributed by atoms with Crippen LogP contribution in [0.25, 0.3) is 0 Å². The van der Waals surface area contributed by atoms with Crippen LogP contribution in [0.5, 0.6) is 0 Å². The predicted octanol–water partition coefficient (Wildman–Crippen LogP) is 2.59. The number of carbonyl (C=O) groups excluding carboxylic acids is 1. The molecule has 3 rings (SSSR count). The Morgan fingerprint density at radius 2 is 2.04 bits per heavy atom. The van der Waals surface area contributed by atoms with Gasteiger partial charge >= 0.3 is 0 Å². The summed E-state index contributed by atoms with van der Waals surface area (Å²) in [6, 6.07) is 9.18. The molecule has 1 aliphatic heterocycles. The molecule has 1 aromatic heterocycles. The molecule has 0 saturated heterocycles. The lowest BCUT2D eigenvalue weighted by atomic mass is 9.94. The molecule has 2 heterocycles. The van der Waals surface area contributed by atoms with Crippen LogP contribution in [-0.4, -0.2) is 52.2 Å². The van der Waals surface area contributed by atoms with Gasteiger partial charge in [0, 0.05) is 38.4 Å². The summed E-state index contributed by atoms with van der Waals surface area (Å²) in [4.78, 5) is 16.8. The van der Waals surface area contributed by atoms with Crippen LogP contribution in [0.15, 0.2) is 36.7 Å². The summed E-state index contributed by atoms with van der Waals surface area (Å²) in [5.41, 5.74) is 3.45. The van der Waals surface area contributed by atoms with Crippen LogP contribution in [-0.2, 0) is 13.0 Å². The number of likely N-dealkylation sites (N-methyl/N-ethyl adjacent to an activating group) is 2. The lowest BCUT2D eigenvalue weighted by Crippen LogP contribution is -2.46. The molecule has 0 radical (unpaired) electrons. The van der Waals surface area contributed by atoms with Crippen LogP contribution in [0.2, 0.25) is 0 Å². The molecule has 0 aliphatic carbocycles. The van der Waals surface area contributed by atoms with Crippen molar-refractivity contribution < 1.29 is 4.79 Å². The van der Waals surface area contributed by atoms with Crippen molar-refractivity contribution in [2.24, 2.45) is 0 Å². The minimum atomic E-state index is 0.0363. The second kappa shape index (κ2) is 6.77. The molecular formula is C19H26N4O. The molecule has 0 fully saturated rings. The van der Waals surface area contributed by atoms with Crippen LogP contribution in [0.4, 0.5) is 0 Å². The molecule has 5 nitrogen and oxygen atoms in total. The standard InChI is InChI=1S/C19H26N4O/c1-14(2)23-12-17(10-20-23)19(24)22(4)13-18-9-15-7-5-6-8-16(15)11-21(18)3/h5-8,10,12,14,18H,9,11,13H2,1-4H3/t18-/m1/s1. The first-order valence-electron chi connectivity index (χ1n) is 8.52. The maximum Gasteiger partial charge on any atom is 0.256 e. The van der Waals surface area contributed by atoms with E-state index in [1.807, 2.05) is 22.8 Å². The second-order valence-electron chi connectivity index (χ2n) is 7.03. The van der Waals surface area contributed by atoms with Crippen molar-refractivity contribution in [3.63, 3.8) is 0 Å².